The molecule has 1 rings (SSSR count). The van der Waals surface area contributed by atoms with Gasteiger partial charge in [0.1, 0.15) is 24.4 Å². The molecule has 1 fully saturated rings. The molecule has 0 aromatic rings. The molecule has 152 valence electrons. The Morgan fingerprint density at radius 1 is 1.23 bits per heavy atom. The predicted molar refractivity (Wildman–Crippen MR) is 96.8 cm³/mol. The van der Waals surface area contributed by atoms with Crippen LogP contribution in [0.5, 0.6) is 0 Å². The maximum Gasteiger partial charge on any atom is 0.260 e. The second-order valence-electron chi connectivity index (χ2n) is 8.25. The first kappa shape index (κ1) is 23.4. The Kier molecular flexibility index (Phi) is 7.33. The Labute approximate surface area is 155 Å². The van der Waals surface area contributed by atoms with Crippen molar-refractivity contribution in [3.63, 3.8) is 0 Å². The summed E-state index contributed by atoms with van der Waals surface area (Å²) >= 11 is 0. The third-order valence-electron chi connectivity index (χ3n) is 5.29. The first-order chi connectivity index (χ1) is 11.7. The molecule has 26 heavy (non-hydrogen) atoms. The van der Waals surface area contributed by atoms with Gasteiger partial charge < -0.3 is 34.7 Å². The molecule has 1 saturated heterocycles. The van der Waals surface area contributed by atoms with Crippen LogP contribution in [0.15, 0.2) is 12.2 Å². The molecule has 0 aromatic carbocycles. The van der Waals surface area contributed by atoms with Gasteiger partial charge in [0.25, 0.3) is 5.79 Å². The van der Waals surface area contributed by atoms with Crippen molar-refractivity contribution in [2.45, 2.75) is 75.5 Å². The second kappa shape index (κ2) is 8.15. The Balaban J connectivity index is 2.79. The van der Waals surface area contributed by atoms with Crippen LogP contribution in [0.25, 0.3) is 0 Å². The lowest BCUT2D eigenvalue weighted by Crippen LogP contribution is -2.68. The van der Waals surface area contributed by atoms with Gasteiger partial charge in [-0.2, -0.15) is 0 Å². The predicted octanol–water partition coefficient (Wildman–Crippen LogP) is -0.314. The zero-order valence-electron chi connectivity index (χ0n) is 16.1. The van der Waals surface area contributed by atoms with Gasteiger partial charge in [0, 0.05) is 6.61 Å². The number of hydrogen-bond acceptors (Lipinski definition) is 8. The number of ether oxygens (including phenoxy) is 1. The van der Waals surface area contributed by atoms with Crippen LogP contribution >= 0.6 is 0 Å². The van der Waals surface area contributed by atoms with Crippen LogP contribution in [0.2, 0.25) is 18.1 Å². The van der Waals surface area contributed by atoms with E-state index in [4.69, 9.17) is 9.16 Å². The van der Waals surface area contributed by atoms with Gasteiger partial charge in [-0.3, -0.25) is 4.79 Å². The van der Waals surface area contributed by atoms with Gasteiger partial charge in [-0.15, -0.1) is 0 Å². The van der Waals surface area contributed by atoms with Gasteiger partial charge in [0.15, 0.2) is 8.32 Å². The molecule has 1 aliphatic rings. The third kappa shape index (κ3) is 4.60. The second-order valence-corrected chi connectivity index (χ2v) is 13.1. The van der Waals surface area contributed by atoms with Crippen molar-refractivity contribution in [2.24, 2.45) is 0 Å². The zero-order valence-corrected chi connectivity index (χ0v) is 17.1. The molecule has 8 nitrogen and oxygen atoms in total. The van der Waals surface area contributed by atoms with E-state index < -0.39 is 50.9 Å². The number of ketones is 1. The van der Waals surface area contributed by atoms with E-state index in [2.05, 4.69) is 40.4 Å². The molecule has 5 N–H and O–H groups in total. The minimum atomic E-state index is -2.79. The molecule has 0 aromatic heterocycles. The lowest BCUT2D eigenvalue weighted by atomic mass is 9.87. The van der Waals surface area contributed by atoms with Crippen molar-refractivity contribution in [3.8, 4) is 0 Å². The summed E-state index contributed by atoms with van der Waals surface area (Å²) in [6.07, 6.45) is -6.89. The first-order valence-corrected chi connectivity index (χ1v) is 11.5. The van der Waals surface area contributed by atoms with E-state index in [1.54, 1.807) is 0 Å². The maximum atomic E-state index is 12.5. The molecule has 0 amide bonds. The summed E-state index contributed by atoms with van der Waals surface area (Å²) in [4.78, 5) is 12.5. The quantitative estimate of drug-likeness (QED) is 0.294. The molecule has 0 unspecified atom stereocenters. The van der Waals surface area contributed by atoms with E-state index in [1.165, 1.54) is 0 Å². The molecule has 0 spiro atoms. The van der Waals surface area contributed by atoms with E-state index in [0.717, 1.165) is 0 Å². The van der Waals surface area contributed by atoms with Gasteiger partial charge >= 0.3 is 0 Å². The average molecular weight is 393 g/mol. The number of hydrogen-bond donors (Lipinski definition) is 5. The van der Waals surface area contributed by atoms with Crippen LogP contribution in [-0.4, -0.2) is 83.1 Å². The zero-order chi connectivity index (χ0) is 20.5. The van der Waals surface area contributed by atoms with Gasteiger partial charge in [-0.05, 0) is 30.1 Å². The standard InChI is InChI=1S/C17H32O8Si/c1-10(7-8-24-26(5,6)16(2,3)4)14(21)17(23)15(22)13(20)12(19)11(9-18)25-17/h11-13,15,18-20,22-23H,1,7-9H2,2-6H3/t11-,12-,13+,15-,17-/m1/s1. The van der Waals surface area contributed by atoms with E-state index in [9.17, 15) is 30.3 Å². The van der Waals surface area contributed by atoms with E-state index >= 15 is 0 Å². The summed E-state index contributed by atoms with van der Waals surface area (Å²) in [7, 11) is -2.02. The smallest absolute Gasteiger partial charge is 0.260 e. The van der Waals surface area contributed by atoms with Crippen molar-refractivity contribution >= 4 is 14.1 Å². The van der Waals surface area contributed by atoms with Gasteiger partial charge in [-0.25, -0.2) is 0 Å². The van der Waals surface area contributed by atoms with Crippen molar-refractivity contribution in [1.82, 2.24) is 0 Å². The monoisotopic (exact) mass is 392 g/mol. The van der Waals surface area contributed by atoms with E-state index in [1.807, 2.05) is 0 Å². The molecule has 0 saturated carbocycles. The summed E-state index contributed by atoms with van der Waals surface area (Å²) in [6, 6.07) is 0. The highest BCUT2D eigenvalue weighted by Gasteiger charge is 2.57. The highest BCUT2D eigenvalue weighted by Crippen LogP contribution is 2.37. The lowest BCUT2D eigenvalue weighted by molar-refractivity contribution is -0.329. The molecule has 9 heteroatoms. The Morgan fingerprint density at radius 3 is 2.23 bits per heavy atom. The number of carbonyl (C=O) groups is 1. The number of aliphatic hydroxyl groups is 5. The first-order valence-electron chi connectivity index (χ1n) is 8.61. The largest absolute Gasteiger partial charge is 0.416 e. The number of aliphatic hydroxyl groups excluding tert-OH is 4. The number of Topliss-reactive ketones (excluding diaryl/α,β-unsaturated/α-hetero) is 1. The SMILES string of the molecule is C=C(CCO[Si](C)(C)C(C)(C)C)C(=O)[C@@]1(O)O[C@H](CO)[C@@H](O)[C@H](O)[C@H]1O. The highest BCUT2D eigenvalue weighted by molar-refractivity contribution is 6.74. The Hall–Kier alpha value is -0.653. The van der Waals surface area contributed by atoms with Crippen LogP contribution in [0.3, 0.4) is 0 Å². The van der Waals surface area contributed by atoms with Gasteiger partial charge in [0.05, 0.1) is 6.61 Å². The van der Waals surface area contributed by atoms with Crippen LogP contribution in [0, 0.1) is 0 Å². The fourth-order valence-electron chi connectivity index (χ4n) is 2.35. The highest BCUT2D eigenvalue weighted by atomic mass is 28.4. The Morgan fingerprint density at radius 2 is 1.77 bits per heavy atom. The normalized spacial score (nSPS) is 33.2. The summed E-state index contributed by atoms with van der Waals surface area (Å²) in [6.45, 7) is 13.4. The van der Waals surface area contributed by atoms with Crippen LogP contribution < -0.4 is 0 Å². The van der Waals surface area contributed by atoms with Crippen molar-refractivity contribution in [1.29, 1.82) is 0 Å². The minimum absolute atomic E-state index is 0.00614. The Bertz CT molecular complexity index is 527. The summed E-state index contributed by atoms with van der Waals surface area (Å²) in [5.74, 6) is -3.81. The molecular weight excluding hydrogens is 360 g/mol. The number of carbonyl (C=O) groups excluding carboxylic acids is 1. The minimum Gasteiger partial charge on any atom is -0.416 e. The molecule has 0 aliphatic carbocycles. The average Bonchev–Trinajstić information content (AvgIpc) is 2.54. The van der Waals surface area contributed by atoms with Crippen LogP contribution in [-0.2, 0) is 14.0 Å². The number of rotatable bonds is 7. The van der Waals surface area contributed by atoms with Crippen molar-refractivity contribution in [3.05, 3.63) is 12.2 Å². The summed E-state index contributed by atoms with van der Waals surface area (Å²) < 4.78 is 11.0. The van der Waals surface area contributed by atoms with Gasteiger partial charge in [-0.1, -0.05) is 27.4 Å². The third-order valence-corrected chi connectivity index (χ3v) is 9.82. The maximum absolute atomic E-state index is 12.5. The molecule has 0 bridgehead atoms. The summed E-state index contributed by atoms with van der Waals surface area (Å²) in [5, 5.41) is 49.2. The van der Waals surface area contributed by atoms with E-state index in [0.29, 0.717) is 0 Å². The summed E-state index contributed by atoms with van der Waals surface area (Å²) in [5.41, 5.74) is -0.0504. The molecule has 1 aliphatic heterocycles. The van der Waals surface area contributed by atoms with E-state index in [-0.39, 0.29) is 23.6 Å². The van der Waals surface area contributed by atoms with Crippen LogP contribution in [0.1, 0.15) is 27.2 Å². The molecule has 0 radical (unpaired) electrons. The van der Waals surface area contributed by atoms with Crippen molar-refractivity contribution in [2.75, 3.05) is 13.2 Å². The van der Waals surface area contributed by atoms with Crippen molar-refractivity contribution < 1.29 is 39.5 Å². The van der Waals surface area contributed by atoms with Gasteiger partial charge in [0.2, 0.25) is 5.78 Å². The van der Waals surface area contributed by atoms with Crippen LogP contribution in [0.4, 0.5) is 0 Å². The molecular formula is C17H32O8Si. The molecule has 5 atom stereocenters. The fourth-order valence-corrected chi connectivity index (χ4v) is 3.40. The molecule has 1 heterocycles. The fraction of sp³-hybridized carbons (Fsp3) is 0.824. The topological polar surface area (TPSA) is 137 Å². The lowest BCUT2D eigenvalue weighted by Gasteiger charge is -2.44.